The molecule has 3 rings (SSSR count). The Morgan fingerprint density at radius 1 is 0.722 bits per heavy atom. The number of nitrogens with two attached hydrogens (primary N) is 1. The van der Waals surface area contributed by atoms with E-state index in [2.05, 4.69) is 62.8 Å². The number of nitrogens with zero attached hydrogens (tertiary/aromatic N) is 5. The number of ether oxygens (including phenoxy) is 2. The maximum Gasteiger partial charge on any atom is 0.333 e. The predicted molar refractivity (Wildman–Crippen MR) is 292 cm³/mol. The van der Waals surface area contributed by atoms with Gasteiger partial charge in [-0.25, -0.2) is 21.3 Å². The summed E-state index contributed by atoms with van der Waals surface area (Å²) in [6, 6.07) is 0. The van der Waals surface area contributed by atoms with Crippen LogP contribution in [0.15, 0.2) is 29.1 Å². The molecular formula is C56H96N7O8P. The number of H-pyrrole nitrogens is 1. The van der Waals surface area contributed by atoms with E-state index in [0.717, 1.165) is 96.6 Å². The molecule has 0 saturated carbocycles. The number of nitrogens with one attached hydrogen (secondary N) is 1. The molecule has 0 spiro atoms. The zero-order valence-corrected chi connectivity index (χ0v) is 46.0. The van der Waals surface area contributed by atoms with Gasteiger partial charge in [0.25, 0.3) is 0 Å². The Balaban J connectivity index is 1.41. The van der Waals surface area contributed by atoms with Crippen molar-refractivity contribution in [2.45, 2.75) is 226 Å². The molecule has 15 nitrogen and oxygen atoms in total. The molecule has 0 bridgehead atoms. The molecule has 0 aromatic carbocycles. The van der Waals surface area contributed by atoms with Crippen molar-refractivity contribution < 1.29 is 32.6 Å². The van der Waals surface area contributed by atoms with Gasteiger partial charge in [0.15, 0.2) is 17.6 Å². The number of piperidine rings is 1. The molecule has 1 unspecified atom stereocenters. The first-order valence-corrected chi connectivity index (χ1v) is 29.5. The summed E-state index contributed by atoms with van der Waals surface area (Å²) >= 11 is 0. The molecule has 3 heterocycles. The van der Waals surface area contributed by atoms with Crippen LogP contribution in [0.4, 0.5) is 5.82 Å². The number of aromatic nitrogens is 4. The molecular weight excluding hydrogens is 930 g/mol. The minimum atomic E-state index is -1.88. The average molecular weight is 1030 g/mol. The van der Waals surface area contributed by atoms with Gasteiger partial charge in [0.1, 0.15) is 24.6 Å². The number of hydrogen-bond acceptors (Lipinski definition) is 12. The molecule has 0 radical (unpaired) electrons. The number of esters is 2. The second kappa shape index (κ2) is 41.7. The third-order valence-electron chi connectivity index (χ3n) is 13.3. The molecule has 16 heteroatoms. The topological polar surface area (TPSA) is 177 Å². The van der Waals surface area contributed by atoms with Gasteiger partial charge in [-0.1, -0.05) is 141 Å². The van der Waals surface area contributed by atoms with E-state index in [9.17, 15) is 14.4 Å². The van der Waals surface area contributed by atoms with Crippen molar-refractivity contribution in [2.24, 2.45) is 5.92 Å². The SMILES string of the molecule is [C-]#[N+]CCOP(OCCN1CCC(Cn2c(=O)[nH]c3c(N)nc(C)nc32)CC1)OC[C@@H](COC(=O)CCCCCCC/C=C\CCCCCCCC)OC(=O)CCCCCCC/C=C\CCCCCCCC. The van der Waals surface area contributed by atoms with Crippen molar-refractivity contribution in [3.63, 3.8) is 0 Å². The van der Waals surface area contributed by atoms with Gasteiger partial charge in [-0.15, -0.1) is 0 Å². The van der Waals surface area contributed by atoms with Gasteiger partial charge in [0.2, 0.25) is 6.54 Å². The van der Waals surface area contributed by atoms with Crippen molar-refractivity contribution in [3.05, 3.63) is 52.0 Å². The lowest BCUT2D eigenvalue weighted by Gasteiger charge is -2.32. The molecule has 2 atom stereocenters. The number of carbonyl (C=O) groups is 2. The van der Waals surface area contributed by atoms with E-state index < -0.39 is 14.7 Å². The van der Waals surface area contributed by atoms with Gasteiger partial charge >= 0.3 is 26.2 Å². The number of likely N-dealkylation sites (tertiary alicyclic amines) is 1. The van der Waals surface area contributed by atoms with Crippen LogP contribution in [0.25, 0.3) is 16.0 Å². The summed E-state index contributed by atoms with van der Waals surface area (Å²) in [6.45, 7) is 16.8. The second-order valence-electron chi connectivity index (χ2n) is 19.7. The maximum atomic E-state index is 13.1. The van der Waals surface area contributed by atoms with E-state index in [4.69, 9.17) is 35.4 Å². The molecule has 3 N–H and O–H groups in total. The lowest BCUT2D eigenvalue weighted by atomic mass is 9.97. The minimum Gasteiger partial charge on any atom is -0.462 e. The summed E-state index contributed by atoms with van der Waals surface area (Å²) in [5, 5.41) is 0. The zero-order chi connectivity index (χ0) is 51.7. The van der Waals surface area contributed by atoms with Crippen LogP contribution in [0.5, 0.6) is 0 Å². The van der Waals surface area contributed by atoms with Gasteiger partial charge in [-0.2, -0.15) is 0 Å². The summed E-state index contributed by atoms with van der Waals surface area (Å²) in [6.07, 6.45) is 41.5. The Hall–Kier alpha value is -3.67. The molecule has 0 amide bonds. The van der Waals surface area contributed by atoms with Crippen LogP contribution in [0.2, 0.25) is 0 Å². The quantitative estimate of drug-likeness (QED) is 0.0211. The summed E-state index contributed by atoms with van der Waals surface area (Å²) in [4.78, 5) is 56.0. The molecule has 1 saturated heterocycles. The van der Waals surface area contributed by atoms with Crippen LogP contribution in [0.1, 0.15) is 212 Å². The Morgan fingerprint density at radius 3 is 1.79 bits per heavy atom. The van der Waals surface area contributed by atoms with Crippen LogP contribution in [-0.2, 0) is 39.2 Å². The van der Waals surface area contributed by atoms with Crippen LogP contribution >= 0.6 is 8.60 Å². The first-order valence-electron chi connectivity index (χ1n) is 28.4. The van der Waals surface area contributed by atoms with E-state index in [1.165, 1.54) is 96.3 Å². The van der Waals surface area contributed by atoms with E-state index in [1.807, 2.05) is 0 Å². The molecule has 72 heavy (non-hydrogen) atoms. The molecule has 2 aromatic heterocycles. The number of anilines is 1. The summed E-state index contributed by atoms with van der Waals surface area (Å²) in [5.74, 6) is 0.421. The number of aryl methyl sites for hydroxylation is 1. The molecule has 1 fully saturated rings. The van der Waals surface area contributed by atoms with Crippen molar-refractivity contribution in [1.29, 1.82) is 0 Å². The third kappa shape index (κ3) is 29.9. The monoisotopic (exact) mass is 1030 g/mol. The average Bonchev–Trinajstić information content (AvgIpc) is 3.68. The predicted octanol–water partition coefficient (Wildman–Crippen LogP) is 13.4. The number of imidazole rings is 1. The van der Waals surface area contributed by atoms with Gasteiger partial charge in [-0.05, 0) is 103 Å². The third-order valence-corrected chi connectivity index (χ3v) is 14.4. The van der Waals surface area contributed by atoms with Gasteiger partial charge in [0.05, 0.1) is 13.2 Å². The van der Waals surface area contributed by atoms with Crippen molar-refractivity contribution in [2.75, 3.05) is 58.3 Å². The molecule has 408 valence electrons. The number of fused-ring (bicyclic) bond motifs is 1. The molecule has 1 aliphatic heterocycles. The Labute approximate surface area is 435 Å². The first-order chi connectivity index (χ1) is 35.2. The highest BCUT2D eigenvalue weighted by Gasteiger charge is 2.25. The number of nitrogen functional groups attached to an aromatic ring is 1. The van der Waals surface area contributed by atoms with Gasteiger partial charge in [0, 0.05) is 25.9 Å². The Kier molecular flexibility index (Phi) is 36.2. The number of aromatic amines is 1. The highest BCUT2D eigenvalue weighted by Crippen LogP contribution is 2.40. The number of allylic oxidation sites excluding steroid dienone is 4. The number of hydrogen-bond donors (Lipinski definition) is 2. The number of rotatable bonds is 45. The molecule has 1 aliphatic rings. The fourth-order valence-electron chi connectivity index (χ4n) is 8.95. The van der Waals surface area contributed by atoms with E-state index in [0.29, 0.717) is 49.0 Å². The summed E-state index contributed by atoms with van der Waals surface area (Å²) in [7, 11) is -1.88. The molecule has 2 aromatic rings. The number of unbranched alkanes of at least 4 members (excludes halogenated alkanes) is 22. The summed E-state index contributed by atoms with van der Waals surface area (Å²) in [5.41, 5.74) is 6.83. The maximum absolute atomic E-state index is 13.1. The van der Waals surface area contributed by atoms with Crippen molar-refractivity contribution in [1.82, 2.24) is 24.4 Å². The standard InChI is InChI=1S/C56H96N7O8P/c1-5-7-9-11-13-15-17-19-21-23-25-27-29-31-33-35-51(64)67-46-50(71-52(65)36-34-32-30-28-26-24-22-20-18-16-14-12-10-8-6-2)47-70-72(68-43-39-58-4)69-44-42-62-40-37-49(38-41-62)45-63-55-53(61-56(63)66)54(57)59-48(3)60-55/h19-22,49-50H,5-18,23-47H2,1-3H3,(H,61,66)(H2,57,59,60)/b21-19-,22-20-/t50-,72?/m1/s1. The van der Waals surface area contributed by atoms with E-state index in [-0.39, 0.29) is 56.2 Å². The number of carbonyl (C=O) groups excluding carboxylic acids is 2. The van der Waals surface area contributed by atoms with Gasteiger partial charge < -0.3 is 43.5 Å². The highest BCUT2D eigenvalue weighted by atomic mass is 31.2. The van der Waals surface area contributed by atoms with Crippen molar-refractivity contribution >= 4 is 37.5 Å². The molecule has 0 aliphatic carbocycles. The van der Waals surface area contributed by atoms with Crippen molar-refractivity contribution in [3.8, 4) is 0 Å². The Morgan fingerprint density at radius 2 is 1.24 bits per heavy atom. The second-order valence-corrected chi connectivity index (χ2v) is 20.9. The normalized spacial score (nSPS) is 14.4. The van der Waals surface area contributed by atoms with Crippen LogP contribution < -0.4 is 11.4 Å². The van der Waals surface area contributed by atoms with E-state index >= 15 is 0 Å². The van der Waals surface area contributed by atoms with E-state index in [1.54, 1.807) is 11.5 Å². The van der Waals surface area contributed by atoms with Crippen LogP contribution in [0.3, 0.4) is 0 Å². The lowest BCUT2D eigenvalue weighted by molar-refractivity contribution is -0.161. The largest absolute Gasteiger partial charge is 0.462 e. The minimum absolute atomic E-state index is 0.0722. The zero-order valence-electron chi connectivity index (χ0n) is 45.1. The van der Waals surface area contributed by atoms with Gasteiger partial charge in [-0.3, -0.25) is 14.2 Å². The smallest absolute Gasteiger partial charge is 0.333 e. The van der Waals surface area contributed by atoms with Crippen LogP contribution in [0, 0.1) is 19.4 Å². The highest BCUT2D eigenvalue weighted by molar-refractivity contribution is 7.41. The summed E-state index contributed by atoms with van der Waals surface area (Å²) < 4.78 is 31.3. The first kappa shape index (κ1) is 62.6. The fraction of sp³-hybridized carbons (Fsp3) is 0.786. The lowest BCUT2D eigenvalue weighted by Crippen LogP contribution is -2.37. The Bertz CT molecular complexity index is 1870. The fourth-order valence-corrected chi connectivity index (χ4v) is 9.92. The van der Waals surface area contributed by atoms with Crippen LogP contribution in [-0.4, -0.2) is 95.1 Å².